The first kappa shape index (κ1) is 13.2. The van der Waals surface area contributed by atoms with E-state index >= 15 is 0 Å². The molecule has 0 aliphatic carbocycles. The van der Waals surface area contributed by atoms with Gasteiger partial charge in [-0.25, -0.2) is 4.98 Å². The van der Waals surface area contributed by atoms with Crippen LogP contribution in [0.3, 0.4) is 0 Å². The normalized spacial score (nSPS) is 14.1. The summed E-state index contributed by atoms with van der Waals surface area (Å²) in [6, 6.07) is 6.55. The zero-order valence-electron chi connectivity index (χ0n) is 10.9. The van der Waals surface area contributed by atoms with E-state index in [4.69, 9.17) is 5.73 Å². The van der Waals surface area contributed by atoms with Gasteiger partial charge in [-0.1, -0.05) is 19.1 Å². The van der Waals surface area contributed by atoms with Crippen LogP contribution in [0.2, 0.25) is 0 Å². The van der Waals surface area contributed by atoms with Crippen molar-refractivity contribution in [3.05, 3.63) is 46.4 Å². The van der Waals surface area contributed by atoms with Crippen LogP contribution in [0.4, 0.5) is 5.69 Å². The zero-order valence-corrected chi connectivity index (χ0v) is 10.9. The number of nitrogens with two attached hydrogens (primary N) is 1. The smallest absolute Gasteiger partial charge is 0.278 e. The summed E-state index contributed by atoms with van der Waals surface area (Å²) in [6.07, 6.45) is 2.30. The average Bonchev–Trinajstić information content (AvgIpc) is 2.89. The highest BCUT2D eigenvalue weighted by molar-refractivity contribution is 5.70. The van der Waals surface area contributed by atoms with Crippen molar-refractivity contribution >= 4 is 5.69 Å². The number of nitrogens with zero attached hydrogens (tertiary/aromatic N) is 2. The molecule has 1 atom stereocenters. The third-order valence-electron chi connectivity index (χ3n) is 3.24. The van der Waals surface area contributed by atoms with Crippen LogP contribution < -0.4 is 5.73 Å². The highest BCUT2D eigenvalue weighted by Crippen LogP contribution is 2.29. The van der Waals surface area contributed by atoms with Crippen molar-refractivity contribution < 1.29 is 4.92 Å². The summed E-state index contributed by atoms with van der Waals surface area (Å²) in [4.78, 5) is 17.9. The van der Waals surface area contributed by atoms with Gasteiger partial charge in [-0.15, -0.1) is 0 Å². The highest BCUT2D eigenvalue weighted by atomic mass is 16.6. The lowest BCUT2D eigenvalue weighted by Crippen LogP contribution is -2.33. The molecule has 0 aliphatic heterocycles. The van der Waals surface area contributed by atoms with Crippen molar-refractivity contribution in [2.45, 2.75) is 25.8 Å². The van der Waals surface area contributed by atoms with E-state index in [1.54, 1.807) is 24.4 Å². The molecule has 0 saturated heterocycles. The molecule has 3 N–H and O–H groups in total. The molecule has 0 saturated carbocycles. The van der Waals surface area contributed by atoms with Gasteiger partial charge in [0.1, 0.15) is 5.82 Å². The van der Waals surface area contributed by atoms with Gasteiger partial charge in [0.25, 0.3) is 5.69 Å². The fourth-order valence-corrected chi connectivity index (χ4v) is 1.78. The molecular weight excluding hydrogens is 244 g/mol. The number of aromatic amines is 1. The summed E-state index contributed by atoms with van der Waals surface area (Å²) in [6.45, 7) is 3.84. The van der Waals surface area contributed by atoms with Gasteiger partial charge in [0.05, 0.1) is 27.9 Å². The van der Waals surface area contributed by atoms with Crippen molar-refractivity contribution in [2.75, 3.05) is 0 Å². The van der Waals surface area contributed by atoms with Crippen molar-refractivity contribution in [3.63, 3.8) is 0 Å². The van der Waals surface area contributed by atoms with Crippen LogP contribution in [0.15, 0.2) is 30.5 Å². The number of rotatable bonds is 4. The maximum absolute atomic E-state index is 11.0. The van der Waals surface area contributed by atoms with Crippen LogP contribution in [0, 0.1) is 10.1 Å². The van der Waals surface area contributed by atoms with E-state index in [9.17, 15) is 10.1 Å². The van der Waals surface area contributed by atoms with Crippen LogP contribution in [0.5, 0.6) is 0 Å². The fraction of sp³-hybridized carbons (Fsp3) is 0.308. The number of nitro benzene ring substituents is 1. The maximum Gasteiger partial charge on any atom is 0.278 e. The summed E-state index contributed by atoms with van der Waals surface area (Å²) in [5.41, 5.74) is 6.70. The van der Waals surface area contributed by atoms with Gasteiger partial charge in [0.15, 0.2) is 0 Å². The molecule has 100 valence electrons. The first-order chi connectivity index (χ1) is 8.95. The fourth-order valence-electron chi connectivity index (χ4n) is 1.78. The van der Waals surface area contributed by atoms with Gasteiger partial charge in [-0.05, 0) is 19.4 Å². The van der Waals surface area contributed by atoms with Crippen molar-refractivity contribution in [1.29, 1.82) is 0 Å². The highest BCUT2D eigenvalue weighted by Gasteiger charge is 2.24. The molecule has 1 aromatic carbocycles. The average molecular weight is 260 g/mol. The largest absolute Gasteiger partial charge is 0.340 e. The molecule has 0 radical (unpaired) electrons. The Bertz CT molecular complexity index is 604. The van der Waals surface area contributed by atoms with Crippen LogP contribution in [0.25, 0.3) is 11.3 Å². The van der Waals surface area contributed by atoms with Gasteiger partial charge in [-0.3, -0.25) is 10.1 Å². The number of imidazole rings is 1. The number of aromatic nitrogens is 2. The zero-order chi connectivity index (χ0) is 14.0. The van der Waals surface area contributed by atoms with Crippen molar-refractivity contribution in [3.8, 4) is 11.3 Å². The van der Waals surface area contributed by atoms with E-state index in [1.165, 1.54) is 6.07 Å². The van der Waals surface area contributed by atoms with Gasteiger partial charge < -0.3 is 10.7 Å². The second-order valence-electron chi connectivity index (χ2n) is 4.69. The molecule has 0 spiro atoms. The van der Waals surface area contributed by atoms with Gasteiger partial charge >= 0.3 is 0 Å². The molecule has 1 aromatic heterocycles. The quantitative estimate of drug-likeness (QED) is 0.652. The molecule has 2 aromatic rings. The Labute approximate surface area is 110 Å². The molecular formula is C13H16N4O2. The van der Waals surface area contributed by atoms with Crippen molar-refractivity contribution in [1.82, 2.24) is 9.97 Å². The van der Waals surface area contributed by atoms with E-state index in [2.05, 4.69) is 9.97 Å². The van der Waals surface area contributed by atoms with Crippen LogP contribution in [0.1, 0.15) is 26.1 Å². The van der Waals surface area contributed by atoms with Gasteiger partial charge in [0.2, 0.25) is 0 Å². The molecule has 0 amide bonds. The molecule has 1 unspecified atom stereocenters. The number of para-hydroxylation sites is 1. The summed E-state index contributed by atoms with van der Waals surface area (Å²) in [5.74, 6) is 0.628. The molecule has 0 bridgehead atoms. The van der Waals surface area contributed by atoms with Crippen LogP contribution in [-0.2, 0) is 5.54 Å². The first-order valence-electron chi connectivity index (χ1n) is 6.04. The minimum atomic E-state index is -0.568. The Hall–Kier alpha value is -2.21. The van der Waals surface area contributed by atoms with Gasteiger partial charge in [-0.2, -0.15) is 0 Å². The predicted octanol–water partition coefficient (Wildman–Crippen LogP) is 2.57. The third-order valence-corrected chi connectivity index (χ3v) is 3.24. The number of nitro groups is 1. The van der Waals surface area contributed by atoms with E-state index in [0.717, 1.165) is 6.42 Å². The van der Waals surface area contributed by atoms with Crippen LogP contribution >= 0.6 is 0 Å². The van der Waals surface area contributed by atoms with Crippen molar-refractivity contribution in [2.24, 2.45) is 5.73 Å². The molecule has 6 nitrogen and oxygen atoms in total. The Morgan fingerprint density at radius 2 is 2.16 bits per heavy atom. The second-order valence-corrected chi connectivity index (χ2v) is 4.69. The molecule has 1 heterocycles. The predicted molar refractivity (Wildman–Crippen MR) is 72.5 cm³/mol. The third kappa shape index (κ3) is 2.48. The van der Waals surface area contributed by atoms with E-state index in [0.29, 0.717) is 17.1 Å². The monoisotopic (exact) mass is 260 g/mol. The number of H-pyrrole nitrogens is 1. The minimum Gasteiger partial charge on any atom is -0.340 e. The first-order valence-corrected chi connectivity index (χ1v) is 6.04. The summed E-state index contributed by atoms with van der Waals surface area (Å²) >= 11 is 0. The Kier molecular flexibility index (Phi) is 3.35. The Morgan fingerprint density at radius 1 is 1.47 bits per heavy atom. The number of hydrogen-bond donors (Lipinski definition) is 2. The number of benzene rings is 1. The standard InChI is InChI=1S/C13H16N4O2/c1-3-13(2,14)12-15-8-10(16-12)9-6-4-5-7-11(9)17(18)19/h4-8H,3,14H2,1-2H3,(H,15,16). The SMILES string of the molecule is CCC(C)(N)c1ncc(-c2ccccc2[N+](=O)[O-])[nH]1. The van der Waals surface area contributed by atoms with E-state index < -0.39 is 10.5 Å². The Balaban J connectivity index is 2.47. The number of hydrogen-bond acceptors (Lipinski definition) is 4. The summed E-state index contributed by atoms with van der Waals surface area (Å²) in [5, 5.41) is 11.0. The number of nitrogens with one attached hydrogen (secondary N) is 1. The summed E-state index contributed by atoms with van der Waals surface area (Å²) in [7, 11) is 0. The lowest BCUT2D eigenvalue weighted by molar-refractivity contribution is -0.384. The van der Waals surface area contributed by atoms with Gasteiger partial charge in [0, 0.05) is 6.07 Å². The van der Waals surface area contributed by atoms with Crippen LogP contribution in [-0.4, -0.2) is 14.9 Å². The second kappa shape index (κ2) is 4.81. The molecule has 6 heteroatoms. The molecule has 0 fully saturated rings. The topological polar surface area (TPSA) is 97.8 Å². The Morgan fingerprint density at radius 3 is 2.79 bits per heavy atom. The lowest BCUT2D eigenvalue weighted by Gasteiger charge is -2.19. The maximum atomic E-state index is 11.0. The summed E-state index contributed by atoms with van der Waals surface area (Å²) < 4.78 is 0. The minimum absolute atomic E-state index is 0.0490. The molecule has 19 heavy (non-hydrogen) atoms. The molecule has 2 rings (SSSR count). The van der Waals surface area contributed by atoms with E-state index in [-0.39, 0.29) is 5.69 Å². The molecule has 0 aliphatic rings. The lowest BCUT2D eigenvalue weighted by atomic mass is 10.00. The van der Waals surface area contributed by atoms with E-state index in [1.807, 2.05) is 13.8 Å².